The molecule has 145 valence electrons. The summed E-state index contributed by atoms with van der Waals surface area (Å²) < 4.78 is 5.35. The molecule has 1 radical (unpaired) electrons. The van der Waals surface area contributed by atoms with Crippen molar-refractivity contribution >= 4 is 34.1 Å². The molecule has 0 bridgehead atoms. The van der Waals surface area contributed by atoms with Crippen molar-refractivity contribution in [1.29, 1.82) is 0 Å². The van der Waals surface area contributed by atoms with Gasteiger partial charge in [0.1, 0.15) is 11.5 Å². The Hall–Kier alpha value is -3.31. The van der Waals surface area contributed by atoms with E-state index in [-0.39, 0.29) is 5.75 Å². The molecule has 3 aromatic carbocycles. The highest BCUT2D eigenvalue weighted by atomic mass is 35.5. The highest BCUT2D eigenvalue weighted by Crippen LogP contribution is 2.34. The topological polar surface area (TPSA) is 67.3 Å². The maximum absolute atomic E-state index is 9.80. The molecule has 0 atom stereocenters. The lowest BCUT2D eigenvalue weighted by Gasteiger charge is -2.11. The summed E-state index contributed by atoms with van der Waals surface area (Å²) in [5, 5.41) is 14.5. The predicted octanol–water partition coefficient (Wildman–Crippen LogP) is 5.92. The lowest BCUT2D eigenvalue weighted by atomic mass is 10.0. The van der Waals surface area contributed by atoms with Gasteiger partial charge in [-0.3, -0.25) is 0 Å². The smallest absolute Gasteiger partial charge is 0.227 e. The van der Waals surface area contributed by atoms with E-state index in [1.165, 1.54) is 0 Å². The standard InChI is InChI=1S/C23H19ClN3O2/c1-3-29-19-7-4-17(5-8-19)26-23-25-13-16-11-15(10-14(2)22(16)27-23)20-12-18(28)6-9-21(20)24/h4-13,28H,1,3H2,2H3,(H,25,26,27). The molecule has 1 aromatic heterocycles. The van der Waals surface area contributed by atoms with Crippen molar-refractivity contribution < 1.29 is 9.84 Å². The van der Waals surface area contributed by atoms with Crippen LogP contribution in [0.3, 0.4) is 0 Å². The molecule has 0 amide bonds. The summed E-state index contributed by atoms with van der Waals surface area (Å²) in [6, 6.07) is 16.4. The lowest BCUT2D eigenvalue weighted by molar-refractivity contribution is 0.361. The number of aromatic nitrogens is 2. The summed E-state index contributed by atoms with van der Waals surface area (Å²) >= 11 is 6.32. The Morgan fingerprint density at radius 2 is 1.90 bits per heavy atom. The molecule has 0 saturated heterocycles. The van der Waals surface area contributed by atoms with Gasteiger partial charge >= 0.3 is 0 Å². The SMILES string of the molecule is [CH2]COc1ccc(Nc2ncc3cc(-c4cc(O)ccc4Cl)cc(C)c3n2)cc1. The Kier molecular flexibility index (Phi) is 5.23. The lowest BCUT2D eigenvalue weighted by Crippen LogP contribution is -1.98. The summed E-state index contributed by atoms with van der Waals surface area (Å²) in [6.07, 6.45) is 1.78. The second kappa shape index (κ2) is 7.97. The molecule has 2 N–H and O–H groups in total. The summed E-state index contributed by atoms with van der Waals surface area (Å²) in [4.78, 5) is 9.09. The van der Waals surface area contributed by atoms with Crippen molar-refractivity contribution in [3.05, 3.63) is 78.3 Å². The Morgan fingerprint density at radius 1 is 1.10 bits per heavy atom. The minimum atomic E-state index is 0.171. The van der Waals surface area contributed by atoms with E-state index in [0.29, 0.717) is 17.6 Å². The molecule has 29 heavy (non-hydrogen) atoms. The molecule has 0 aliphatic heterocycles. The molecule has 0 spiro atoms. The normalized spacial score (nSPS) is 10.9. The quantitative estimate of drug-likeness (QED) is 0.432. The molecule has 4 rings (SSSR count). The van der Waals surface area contributed by atoms with Gasteiger partial charge in [-0.25, -0.2) is 9.97 Å². The Balaban J connectivity index is 1.66. The first kappa shape index (κ1) is 19.0. The van der Waals surface area contributed by atoms with Gasteiger partial charge in [0, 0.05) is 27.9 Å². The van der Waals surface area contributed by atoms with Crippen molar-refractivity contribution in [3.63, 3.8) is 0 Å². The number of ether oxygens (including phenoxy) is 1. The van der Waals surface area contributed by atoms with Crippen molar-refractivity contribution in [2.75, 3.05) is 11.9 Å². The molecule has 0 saturated carbocycles. The van der Waals surface area contributed by atoms with Crippen molar-refractivity contribution in [2.24, 2.45) is 0 Å². The van der Waals surface area contributed by atoms with Crippen LogP contribution in [0.15, 0.2) is 60.8 Å². The van der Waals surface area contributed by atoms with Gasteiger partial charge in [-0.05, 0) is 79.6 Å². The zero-order chi connectivity index (χ0) is 20.4. The fourth-order valence-corrected chi connectivity index (χ4v) is 3.38. The molecule has 6 heteroatoms. The molecule has 0 unspecified atom stereocenters. The zero-order valence-electron chi connectivity index (χ0n) is 15.8. The number of fused-ring (bicyclic) bond motifs is 1. The maximum Gasteiger partial charge on any atom is 0.227 e. The number of benzene rings is 3. The number of phenolic OH excluding ortho intramolecular Hbond substituents is 1. The number of hydrogen-bond acceptors (Lipinski definition) is 5. The van der Waals surface area contributed by atoms with Crippen LogP contribution in [-0.2, 0) is 0 Å². The molecule has 4 aromatic rings. The van der Waals surface area contributed by atoms with E-state index < -0.39 is 0 Å². The van der Waals surface area contributed by atoms with E-state index in [2.05, 4.69) is 22.2 Å². The minimum absolute atomic E-state index is 0.171. The van der Waals surface area contributed by atoms with Crippen LogP contribution < -0.4 is 10.1 Å². The monoisotopic (exact) mass is 404 g/mol. The molecule has 1 heterocycles. The number of anilines is 2. The van der Waals surface area contributed by atoms with E-state index in [1.54, 1.807) is 24.4 Å². The third kappa shape index (κ3) is 4.10. The van der Waals surface area contributed by atoms with Crippen LogP contribution in [0, 0.1) is 13.8 Å². The van der Waals surface area contributed by atoms with Crippen LogP contribution in [0.5, 0.6) is 11.5 Å². The first-order valence-electron chi connectivity index (χ1n) is 9.09. The molecule has 5 nitrogen and oxygen atoms in total. The third-order valence-electron chi connectivity index (χ3n) is 4.51. The van der Waals surface area contributed by atoms with E-state index in [9.17, 15) is 5.11 Å². The van der Waals surface area contributed by atoms with E-state index >= 15 is 0 Å². The van der Waals surface area contributed by atoms with E-state index in [1.807, 2.05) is 43.3 Å². The van der Waals surface area contributed by atoms with Crippen LogP contribution in [0.4, 0.5) is 11.6 Å². The number of aryl methyl sites for hydroxylation is 1. The van der Waals surface area contributed by atoms with Crippen molar-refractivity contribution in [2.45, 2.75) is 6.92 Å². The van der Waals surface area contributed by atoms with Gasteiger partial charge in [-0.1, -0.05) is 11.6 Å². The van der Waals surface area contributed by atoms with Gasteiger partial charge in [-0.15, -0.1) is 0 Å². The first-order valence-corrected chi connectivity index (χ1v) is 9.47. The average molecular weight is 405 g/mol. The van der Waals surface area contributed by atoms with Crippen LogP contribution >= 0.6 is 11.6 Å². The van der Waals surface area contributed by atoms with E-state index in [4.69, 9.17) is 16.3 Å². The van der Waals surface area contributed by atoms with Gasteiger partial charge < -0.3 is 15.2 Å². The number of aromatic hydroxyl groups is 1. The van der Waals surface area contributed by atoms with Gasteiger partial charge in [0.15, 0.2) is 0 Å². The van der Waals surface area contributed by atoms with Gasteiger partial charge in [0.05, 0.1) is 12.1 Å². The fourth-order valence-electron chi connectivity index (χ4n) is 3.16. The van der Waals surface area contributed by atoms with Crippen LogP contribution in [-0.4, -0.2) is 21.7 Å². The Labute approximate surface area is 174 Å². The summed E-state index contributed by atoms with van der Waals surface area (Å²) in [5.74, 6) is 1.44. The number of phenols is 1. The molecular formula is C23H19ClN3O2. The number of rotatable bonds is 5. The largest absolute Gasteiger partial charge is 0.508 e. The summed E-state index contributed by atoms with van der Waals surface area (Å²) in [6.45, 7) is 6.04. The molecule has 0 aliphatic carbocycles. The number of hydrogen-bond donors (Lipinski definition) is 2. The number of nitrogens with one attached hydrogen (secondary N) is 1. The summed E-state index contributed by atoms with van der Waals surface area (Å²) in [7, 11) is 0. The van der Waals surface area contributed by atoms with Gasteiger partial charge in [0.25, 0.3) is 0 Å². The highest BCUT2D eigenvalue weighted by molar-refractivity contribution is 6.33. The minimum Gasteiger partial charge on any atom is -0.508 e. The maximum atomic E-state index is 9.80. The van der Waals surface area contributed by atoms with Crippen LogP contribution in [0.2, 0.25) is 5.02 Å². The van der Waals surface area contributed by atoms with Crippen molar-refractivity contribution in [1.82, 2.24) is 9.97 Å². The number of nitrogens with zero attached hydrogens (tertiary/aromatic N) is 2. The number of halogens is 1. The second-order valence-electron chi connectivity index (χ2n) is 6.59. The van der Waals surface area contributed by atoms with Gasteiger partial charge in [-0.2, -0.15) is 0 Å². The molecule has 0 fully saturated rings. The second-order valence-corrected chi connectivity index (χ2v) is 6.99. The van der Waals surface area contributed by atoms with Crippen LogP contribution in [0.1, 0.15) is 5.56 Å². The highest BCUT2D eigenvalue weighted by Gasteiger charge is 2.10. The molecular weight excluding hydrogens is 386 g/mol. The fraction of sp³-hybridized carbons (Fsp3) is 0.0870. The summed E-state index contributed by atoms with van der Waals surface area (Å²) in [5.41, 5.74) is 4.37. The predicted molar refractivity (Wildman–Crippen MR) is 117 cm³/mol. The Bertz CT molecular complexity index is 1180. The Morgan fingerprint density at radius 3 is 2.66 bits per heavy atom. The van der Waals surface area contributed by atoms with Gasteiger partial charge in [0.2, 0.25) is 5.95 Å². The van der Waals surface area contributed by atoms with Crippen molar-refractivity contribution in [3.8, 4) is 22.6 Å². The molecule has 0 aliphatic rings. The van der Waals surface area contributed by atoms with E-state index in [0.717, 1.165) is 39.0 Å². The first-order chi connectivity index (χ1) is 14.0. The average Bonchev–Trinajstić information content (AvgIpc) is 2.72. The van der Waals surface area contributed by atoms with Crippen LogP contribution in [0.25, 0.3) is 22.0 Å². The third-order valence-corrected chi connectivity index (χ3v) is 4.84. The zero-order valence-corrected chi connectivity index (χ0v) is 16.6.